The van der Waals surface area contributed by atoms with Crippen molar-refractivity contribution in [2.45, 2.75) is 38.7 Å². The smallest absolute Gasteiger partial charge is 0.123 e. The topological polar surface area (TPSA) is 22.1 Å². The molecule has 4 heteroatoms. The van der Waals surface area contributed by atoms with Gasteiger partial charge in [0.1, 0.15) is 5.01 Å². The molecule has 1 fully saturated rings. The van der Waals surface area contributed by atoms with E-state index in [0.29, 0.717) is 12.5 Å². The van der Waals surface area contributed by atoms with Crippen LogP contribution in [0.25, 0.3) is 10.6 Å². The Morgan fingerprint density at radius 1 is 1.38 bits per heavy atom. The maximum absolute atomic E-state index is 5.81. The molecule has 0 radical (unpaired) electrons. The zero-order valence-corrected chi connectivity index (χ0v) is 13.8. The van der Waals surface area contributed by atoms with Gasteiger partial charge in [-0.2, -0.15) is 0 Å². The number of ether oxygens (including phenoxy) is 1. The summed E-state index contributed by atoms with van der Waals surface area (Å²) in [4.78, 5) is 4.53. The molecule has 0 spiro atoms. The summed E-state index contributed by atoms with van der Waals surface area (Å²) in [5.41, 5.74) is 4.64. The highest BCUT2D eigenvalue weighted by Crippen LogP contribution is 2.32. The van der Waals surface area contributed by atoms with Crippen LogP contribution in [0.1, 0.15) is 36.1 Å². The molecule has 1 aliphatic carbocycles. The number of halogens is 1. The standard InChI is InChI=1S/C17H20ClNOS/c1-12-8-14(17-19-16(9-18)11-21-17)4-5-15(12)10-20-7-6-13-2-3-13/h4-5,8,11,13H,2-3,6-7,9-10H2,1H3. The Morgan fingerprint density at radius 3 is 2.90 bits per heavy atom. The van der Waals surface area contributed by atoms with Crippen LogP contribution in [0.5, 0.6) is 0 Å². The van der Waals surface area contributed by atoms with E-state index < -0.39 is 0 Å². The quantitative estimate of drug-likeness (QED) is 0.518. The third-order valence-electron chi connectivity index (χ3n) is 3.90. The minimum absolute atomic E-state index is 0.475. The van der Waals surface area contributed by atoms with E-state index in [-0.39, 0.29) is 0 Å². The highest BCUT2D eigenvalue weighted by Gasteiger charge is 2.20. The van der Waals surface area contributed by atoms with Crippen molar-refractivity contribution in [2.24, 2.45) is 5.92 Å². The summed E-state index contributed by atoms with van der Waals surface area (Å²) in [5.74, 6) is 1.41. The van der Waals surface area contributed by atoms with E-state index in [1.54, 1.807) is 11.3 Å². The Morgan fingerprint density at radius 2 is 2.24 bits per heavy atom. The lowest BCUT2D eigenvalue weighted by Crippen LogP contribution is -1.98. The summed E-state index contributed by atoms with van der Waals surface area (Å²) in [6.45, 7) is 3.74. The molecule has 3 rings (SSSR count). The fourth-order valence-electron chi connectivity index (χ4n) is 2.33. The number of benzene rings is 1. The van der Waals surface area contributed by atoms with Gasteiger partial charge in [-0.15, -0.1) is 22.9 Å². The number of hydrogen-bond acceptors (Lipinski definition) is 3. The Balaban J connectivity index is 1.61. The number of hydrogen-bond donors (Lipinski definition) is 0. The molecule has 0 aliphatic heterocycles. The van der Waals surface area contributed by atoms with Gasteiger partial charge < -0.3 is 4.74 Å². The van der Waals surface area contributed by atoms with E-state index in [1.807, 2.05) is 5.38 Å². The second-order valence-electron chi connectivity index (χ2n) is 5.70. The molecular formula is C17H20ClNOS. The average Bonchev–Trinajstić information content (AvgIpc) is 3.19. The molecule has 2 nitrogen and oxygen atoms in total. The largest absolute Gasteiger partial charge is 0.377 e. The lowest BCUT2D eigenvalue weighted by Gasteiger charge is -2.08. The van der Waals surface area contributed by atoms with E-state index in [9.17, 15) is 0 Å². The fraction of sp³-hybridized carbons (Fsp3) is 0.471. The van der Waals surface area contributed by atoms with Crippen molar-refractivity contribution in [2.75, 3.05) is 6.61 Å². The van der Waals surface area contributed by atoms with Gasteiger partial charge in [-0.05, 0) is 36.5 Å². The van der Waals surface area contributed by atoms with Crippen molar-refractivity contribution >= 4 is 22.9 Å². The van der Waals surface area contributed by atoms with Crippen molar-refractivity contribution in [1.29, 1.82) is 0 Å². The number of thiazole rings is 1. The molecule has 1 heterocycles. The molecule has 1 saturated carbocycles. The average molecular weight is 322 g/mol. The Kier molecular flexibility index (Phi) is 4.94. The number of alkyl halides is 1. The molecule has 0 bridgehead atoms. The molecule has 1 aromatic carbocycles. The van der Waals surface area contributed by atoms with Crippen LogP contribution in [0.15, 0.2) is 23.6 Å². The van der Waals surface area contributed by atoms with Crippen LogP contribution in [0, 0.1) is 12.8 Å². The first kappa shape index (κ1) is 15.0. The van der Waals surface area contributed by atoms with Gasteiger partial charge in [0.05, 0.1) is 18.2 Å². The summed E-state index contributed by atoms with van der Waals surface area (Å²) in [5, 5.41) is 3.06. The van der Waals surface area contributed by atoms with Gasteiger partial charge >= 0.3 is 0 Å². The van der Waals surface area contributed by atoms with Crippen molar-refractivity contribution in [3.63, 3.8) is 0 Å². The minimum Gasteiger partial charge on any atom is -0.377 e. The first-order valence-corrected chi connectivity index (χ1v) is 8.85. The maximum Gasteiger partial charge on any atom is 0.123 e. The molecule has 112 valence electrons. The van der Waals surface area contributed by atoms with Crippen LogP contribution in [0.3, 0.4) is 0 Å². The molecule has 0 amide bonds. The van der Waals surface area contributed by atoms with Crippen LogP contribution >= 0.6 is 22.9 Å². The van der Waals surface area contributed by atoms with Crippen LogP contribution in [-0.2, 0) is 17.2 Å². The zero-order valence-electron chi connectivity index (χ0n) is 12.3. The van der Waals surface area contributed by atoms with Gasteiger partial charge in [0.25, 0.3) is 0 Å². The predicted molar refractivity (Wildman–Crippen MR) is 88.8 cm³/mol. The summed E-state index contributed by atoms with van der Waals surface area (Å²) in [7, 11) is 0. The van der Waals surface area contributed by atoms with E-state index >= 15 is 0 Å². The van der Waals surface area contributed by atoms with E-state index in [0.717, 1.165) is 28.8 Å². The van der Waals surface area contributed by atoms with Crippen LogP contribution in [0.4, 0.5) is 0 Å². The number of aryl methyl sites for hydroxylation is 1. The third-order valence-corrected chi connectivity index (χ3v) is 5.12. The summed E-state index contributed by atoms with van der Waals surface area (Å²) in [6, 6.07) is 6.48. The van der Waals surface area contributed by atoms with Crippen LogP contribution in [-0.4, -0.2) is 11.6 Å². The maximum atomic E-state index is 5.81. The molecule has 0 unspecified atom stereocenters. The van der Waals surface area contributed by atoms with Gasteiger partial charge in [-0.25, -0.2) is 4.98 Å². The number of rotatable bonds is 7. The highest BCUT2D eigenvalue weighted by molar-refractivity contribution is 7.13. The SMILES string of the molecule is Cc1cc(-c2nc(CCl)cs2)ccc1COCCC1CC1. The van der Waals surface area contributed by atoms with E-state index in [1.165, 1.54) is 30.4 Å². The first-order chi connectivity index (χ1) is 10.3. The van der Waals surface area contributed by atoms with E-state index in [2.05, 4.69) is 30.1 Å². The second kappa shape index (κ2) is 6.91. The Hall–Kier alpha value is -0.900. The first-order valence-electron chi connectivity index (χ1n) is 7.44. The minimum atomic E-state index is 0.475. The van der Waals surface area contributed by atoms with Gasteiger partial charge in [-0.3, -0.25) is 0 Å². The summed E-state index contributed by atoms with van der Waals surface area (Å²) in [6.07, 6.45) is 4.02. The van der Waals surface area contributed by atoms with Gasteiger partial charge in [0.15, 0.2) is 0 Å². The summed E-state index contributed by atoms with van der Waals surface area (Å²) < 4.78 is 5.79. The Bertz CT molecular complexity index is 607. The number of aromatic nitrogens is 1. The third kappa shape index (κ3) is 4.06. The Labute approximate surface area is 135 Å². The van der Waals surface area contributed by atoms with E-state index in [4.69, 9.17) is 16.3 Å². The lowest BCUT2D eigenvalue weighted by atomic mass is 10.1. The molecule has 1 aliphatic rings. The van der Waals surface area contributed by atoms with Crippen molar-refractivity contribution in [3.8, 4) is 10.6 Å². The molecule has 0 atom stereocenters. The van der Waals surface area contributed by atoms with Crippen molar-refractivity contribution < 1.29 is 4.74 Å². The van der Waals surface area contributed by atoms with Crippen LogP contribution in [0.2, 0.25) is 0 Å². The highest BCUT2D eigenvalue weighted by atomic mass is 35.5. The van der Waals surface area contributed by atoms with Gasteiger partial charge in [-0.1, -0.05) is 25.0 Å². The molecule has 21 heavy (non-hydrogen) atoms. The van der Waals surface area contributed by atoms with Crippen LogP contribution < -0.4 is 0 Å². The molecule has 0 N–H and O–H groups in total. The second-order valence-corrected chi connectivity index (χ2v) is 6.83. The summed E-state index contributed by atoms with van der Waals surface area (Å²) >= 11 is 7.46. The van der Waals surface area contributed by atoms with Gasteiger partial charge in [0, 0.05) is 17.6 Å². The molecule has 2 aromatic rings. The lowest BCUT2D eigenvalue weighted by molar-refractivity contribution is 0.115. The normalized spacial score (nSPS) is 14.6. The fourth-order valence-corrected chi connectivity index (χ4v) is 3.38. The van der Waals surface area contributed by atoms with Crippen molar-refractivity contribution in [1.82, 2.24) is 4.98 Å². The zero-order chi connectivity index (χ0) is 14.7. The predicted octanol–water partition coefficient (Wildman–Crippen LogP) is 5.17. The van der Waals surface area contributed by atoms with Gasteiger partial charge in [0.2, 0.25) is 0 Å². The molecule has 0 saturated heterocycles. The monoisotopic (exact) mass is 321 g/mol. The molecular weight excluding hydrogens is 302 g/mol. The molecule has 1 aromatic heterocycles. The van der Waals surface area contributed by atoms with Crippen molar-refractivity contribution in [3.05, 3.63) is 40.4 Å². The number of nitrogens with zero attached hydrogens (tertiary/aromatic N) is 1.